The van der Waals surface area contributed by atoms with Crippen molar-refractivity contribution in [2.75, 3.05) is 19.6 Å². The maximum absolute atomic E-state index is 14.1. The van der Waals surface area contributed by atoms with E-state index in [0.717, 1.165) is 24.0 Å². The van der Waals surface area contributed by atoms with Gasteiger partial charge >= 0.3 is 0 Å². The first-order valence-electron chi connectivity index (χ1n) is 12.0. The zero-order valence-corrected chi connectivity index (χ0v) is 20.3. The van der Waals surface area contributed by atoms with Crippen molar-refractivity contribution in [3.63, 3.8) is 0 Å². The summed E-state index contributed by atoms with van der Waals surface area (Å²) in [5.74, 6) is 0.141. The van der Waals surface area contributed by atoms with Crippen LogP contribution < -0.4 is 0 Å². The molecule has 3 aromatic rings. The van der Waals surface area contributed by atoms with Crippen LogP contribution >= 0.6 is 0 Å². The molecule has 1 amide bonds. The Morgan fingerprint density at radius 1 is 0.857 bits per heavy atom. The third-order valence-corrected chi connectivity index (χ3v) is 9.08. The van der Waals surface area contributed by atoms with Gasteiger partial charge in [0, 0.05) is 26.1 Å². The number of likely N-dealkylation sites (tertiary alicyclic amines) is 1. The highest BCUT2D eigenvalue weighted by Gasteiger charge is 2.52. The summed E-state index contributed by atoms with van der Waals surface area (Å²) >= 11 is 0. The molecule has 1 unspecified atom stereocenters. The lowest BCUT2D eigenvalue weighted by atomic mass is 9.73. The first-order chi connectivity index (χ1) is 16.9. The van der Waals surface area contributed by atoms with E-state index in [2.05, 4.69) is 0 Å². The van der Waals surface area contributed by atoms with Crippen LogP contribution in [0.15, 0.2) is 95.9 Å². The first kappa shape index (κ1) is 23.5. The highest BCUT2D eigenvalue weighted by molar-refractivity contribution is 7.89. The molecule has 0 bridgehead atoms. The van der Waals surface area contributed by atoms with E-state index in [1.54, 1.807) is 35.2 Å². The number of hydrogen-bond acceptors (Lipinski definition) is 4. The fourth-order valence-electron chi connectivity index (χ4n) is 5.43. The van der Waals surface area contributed by atoms with Gasteiger partial charge in [-0.2, -0.15) is 4.31 Å². The minimum atomic E-state index is -3.59. The summed E-state index contributed by atoms with van der Waals surface area (Å²) in [4.78, 5) is 15.9. The molecule has 3 aromatic carbocycles. The van der Waals surface area contributed by atoms with Gasteiger partial charge in [0.25, 0.3) is 0 Å². The maximum Gasteiger partial charge on any atom is 0.243 e. The normalized spacial score (nSPS) is 20.8. The van der Waals surface area contributed by atoms with Gasteiger partial charge in [-0.25, -0.2) is 8.42 Å². The molecule has 7 heteroatoms. The summed E-state index contributed by atoms with van der Waals surface area (Å²) in [6, 6.07) is 27.9. The zero-order chi connectivity index (χ0) is 24.5. The summed E-state index contributed by atoms with van der Waals surface area (Å²) in [6.45, 7) is 1.16. The van der Waals surface area contributed by atoms with Crippen molar-refractivity contribution in [1.29, 1.82) is 5.41 Å². The Labute approximate surface area is 206 Å². The molecule has 0 aromatic heterocycles. The molecule has 0 aliphatic carbocycles. The number of carbonyl (C=O) groups is 1. The Morgan fingerprint density at radius 2 is 1.40 bits per heavy atom. The molecule has 180 valence electrons. The number of piperidine rings is 1. The second kappa shape index (κ2) is 9.40. The maximum atomic E-state index is 14.1. The number of amides is 1. The van der Waals surface area contributed by atoms with Gasteiger partial charge in [0.1, 0.15) is 11.3 Å². The smallest absolute Gasteiger partial charge is 0.243 e. The van der Waals surface area contributed by atoms with Crippen molar-refractivity contribution in [2.45, 2.75) is 29.6 Å². The monoisotopic (exact) mass is 487 g/mol. The van der Waals surface area contributed by atoms with Crippen molar-refractivity contribution in [3.8, 4) is 0 Å². The fraction of sp³-hybridized carbons (Fsp3) is 0.286. The third-order valence-electron chi connectivity index (χ3n) is 7.21. The Bertz CT molecular complexity index is 1270. The molecule has 5 rings (SSSR count). The summed E-state index contributed by atoms with van der Waals surface area (Å²) in [5.41, 5.74) is 0.810. The number of rotatable bonds is 6. The third kappa shape index (κ3) is 4.19. The SMILES string of the molecule is N=C1CC(c2ccccc2)(c2ccccc2)C(=O)N1CC1CCCN(S(=O)(=O)c2ccccc2)C1. The number of hydrogen-bond donors (Lipinski definition) is 1. The van der Waals surface area contributed by atoms with Crippen molar-refractivity contribution >= 4 is 21.8 Å². The fourth-order valence-corrected chi connectivity index (χ4v) is 7.00. The van der Waals surface area contributed by atoms with Crippen LogP contribution in [0, 0.1) is 11.3 Å². The highest BCUT2D eigenvalue weighted by atomic mass is 32.2. The van der Waals surface area contributed by atoms with Crippen molar-refractivity contribution in [2.24, 2.45) is 5.92 Å². The van der Waals surface area contributed by atoms with Crippen molar-refractivity contribution in [1.82, 2.24) is 9.21 Å². The Hall–Kier alpha value is -3.29. The topological polar surface area (TPSA) is 81.5 Å². The van der Waals surface area contributed by atoms with Crippen LogP contribution in [0.25, 0.3) is 0 Å². The van der Waals surface area contributed by atoms with E-state index in [9.17, 15) is 13.2 Å². The van der Waals surface area contributed by atoms with E-state index in [4.69, 9.17) is 5.41 Å². The molecule has 1 N–H and O–H groups in total. The van der Waals surface area contributed by atoms with Crippen LogP contribution in [0.3, 0.4) is 0 Å². The average Bonchev–Trinajstić information content (AvgIpc) is 3.16. The molecular formula is C28H29N3O3S. The van der Waals surface area contributed by atoms with E-state index >= 15 is 0 Å². The molecular weight excluding hydrogens is 458 g/mol. The number of carbonyl (C=O) groups excluding carboxylic acids is 1. The zero-order valence-electron chi connectivity index (χ0n) is 19.5. The van der Waals surface area contributed by atoms with Crippen LogP contribution in [-0.4, -0.2) is 49.0 Å². The van der Waals surface area contributed by atoms with Crippen LogP contribution in [0.2, 0.25) is 0 Å². The Balaban J connectivity index is 1.41. The standard InChI is InChI=1S/C28H29N3O3S/c29-26-19-28(23-12-4-1-5-13-23,24-14-6-2-7-15-24)27(32)31(26)21-22-11-10-18-30(20-22)35(33,34)25-16-8-3-9-17-25/h1-9,12-17,22,29H,10-11,18-21H2. The van der Waals surface area contributed by atoms with E-state index in [-0.39, 0.29) is 22.6 Å². The van der Waals surface area contributed by atoms with Gasteiger partial charge in [-0.05, 0) is 42.0 Å². The summed E-state index contributed by atoms with van der Waals surface area (Å²) in [5, 5.41) is 8.79. The van der Waals surface area contributed by atoms with Gasteiger partial charge < -0.3 is 0 Å². The second-order valence-corrected chi connectivity index (χ2v) is 11.3. The average molecular weight is 488 g/mol. The number of nitrogens with one attached hydrogen (secondary N) is 1. The number of sulfonamides is 1. The van der Waals surface area contributed by atoms with Gasteiger partial charge in [-0.1, -0.05) is 78.9 Å². The van der Waals surface area contributed by atoms with Crippen LogP contribution in [0.1, 0.15) is 30.4 Å². The quantitative estimate of drug-likeness (QED) is 0.563. The summed E-state index contributed by atoms with van der Waals surface area (Å²) < 4.78 is 27.9. The van der Waals surface area contributed by atoms with E-state index in [0.29, 0.717) is 26.1 Å². The molecule has 35 heavy (non-hydrogen) atoms. The minimum Gasteiger partial charge on any atom is -0.299 e. The molecule has 2 aliphatic rings. The van der Waals surface area contributed by atoms with Crippen LogP contribution in [-0.2, 0) is 20.2 Å². The van der Waals surface area contributed by atoms with Gasteiger partial charge in [-0.3, -0.25) is 15.1 Å². The van der Waals surface area contributed by atoms with Gasteiger partial charge in [-0.15, -0.1) is 0 Å². The predicted molar refractivity (Wildman–Crippen MR) is 136 cm³/mol. The molecule has 0 spiro atoms. The van der Waals surface area contributed by atoms with Crippen LogP contribution in [0.5, 0.6) is 0 Å². The lowest BCUT2D eigenvalue weighted by Crippen LogP contribution is -2.46. The van der Waals surface area contributed by atoms with E-state index in [1.165, 1.54) is 4.31 Å². The minimum absolute atomic E-state index is 0.0334. The molecule has 2 fully saturated rings. The number of benzene rings is 3. The van der Waals surface area contributed by atoms with Gasteiger partial charge in [0.05, 0.1) is 4.90 Å². The highest BCUT2D eigenvalue weighted by Crippen LogP contribution is 2.43. The lowest BCUT2D eigenvalue weighted by Gasteiger charge is -2.34. The van der Waals surface area contributed by atoms with Gasteiger partial charge in [0.2, 0.25) is 15.9 Å². The summed E-state index contributed by atoms with van der Waals surface area (Å²) in [7, 11) is -3.59. The van der Waals surface area contributed by atoms with Crippen molar-refractivity contribution < 1.29 is 13.2 Å². The lowest BCUT2D eigenvalue weighted by molar-refractivity contribution is -0.130. The van der Waals surface area contributed by atoms with Crippen LogP contribution in [0.4, 0.5) is 0 Å². The Morgan fingerprint density at radius 3 is 1.97 bits per heavy atom. The number of nitrogens with zero attached hydrogens (tertiary/aromatic N) is 2. The molecule has 2 saturated heterocycles. The molecule has 2 heterocycles. The molecule has 6 nitrogen and oxygen atoms in total. The largest absolute Gasteiger partial charge is 0.299 e. The first-order valence-corrected chi connectivity index (χ1v) is 13.4. The second-order valence-electron chi connectivity index (χ2n) is 9.36. The molecule has 0 saturated carbocycles. The summed E-state index contributed by atoms with van der Waals surface area (Å²) in [6.07, 6.45) is 1.84. The molecule has 2 aliphatic heterocycles. The van der Waals surface area contributed by atoms with E-state index < -0.39 is 15.4 Å². The van der Waals surface area contributed by atoms with Gasteiger partial charge in [0.15, 0.2) is 0 Å². The Kier molecular flexibility index (Phi) is 6.30. The van der Waals surface area contributed by atoms with E-state index in [1.807, 2.05) is 60.7 Å². The predicted octanol–water partition coefficient (Wildman–Crippen LogP) is 4.28. The number of amidine groups is 1. The molecule has 1 atom stereocenters. The molecule has 0 radical (unpaired) electrons. The van der Waals surface area contributed by atoms with Crippen molar-refractivity contribution in [3.05, 3.63) is 102 Å².